The lowest BCUT2D eigenvalue weighted by molar-refractivity contribution is 0.0782. The summed E-state index contributed by atoms with van der Waals surface area (Å²) in [5, 5.41) is 12.3. The van der Waals surface area contributed by atoms with Gasteiger partial charge in [-0.15, -0.1) is 10.2 Å². The summed E-state index contributed by atoms with van der Waals surface area (Å²) in [6.07, 6.45) is 2.08. The summed E-state index contributed by atoms with van der Waals surface area (Å²) in [4.78, 5) is 14.4. The molecule has 0 bridgehead atoms. The van der Waals surface area contributed by atoms with E-state index in [-0.39, 0.29) is 18.3 Å². The average Bonchev–Trinajstić information content (AvgIpc) is 3.13. The Morgan fingerprint density at radius 1 is 1.22 bits per heavy atom. The van der Waals surface area contributed by atoms with Gasteiger partial charge in [-0.3, -0.25) is 4.79 Å². The van der Waals surface area contributed by atoms with Crippen LogP contribution in [0, 0.1) is 5.82 Å². The normalized spacial score (nSPS) is 10.7. The lowest BCUT2D eigenvalue weighted by Gasteiger charge is -2.18. The summed E-state index contributed by atoms with van der Waals surface area (Å²) in [7, 11) is 3.15. The van der Waals surface area contributed by atoms with Crippen LogP contribution in [0.5, 0.6) is 5.88 Å². The van der Waals surface area contributed by atoms with Crippen molar-refractivity contribution in [1.82, 2.24) is 24.9 Å². The Balaban J connectivity index is 1.86. The van der Waals surface area contributed by atoms with E-state index in [1.807, 2.05) is 6.92 Å². The first kappa shape index (κ1) is 18.5. The molecule has 0 atom stereocenters. The zero-order chi connectivity index (χ0) is 19.4. The van der Waals surface area contributed by atoms with Gasteiger partial charge < -0.3 is 9.64 Å². The van der Waals surface area contributed by atoms with Crippen LogP contribution in [-0.4, -0.2) is 44.9 Å². The van der Waals surface area contributed by atoms with Crippen LogP contribution in [0.3, 0.4) is 0 Å². The number of hydrogen-bond acceptors (Lipinski definition) is 5. The molecule has 0 aliphatic heterocycles. The number of carbonyl (C=O) groups excluding carboxylic acids is 1. The topological polar surface area (TPSA) is 73.1 Å². The molecule has 27 heavy (non-hydrogen) atoms. The highest BCUT2D eigenvalue weighted by Crippen LogP contribution is 2.18. The molecule has 0 fully saturated rings. The SMILES string of the molecule is CCc1c(C(=O)N(C)Cc2ccccc2F)cnn1-c1ccc(OC)nn1. The van der Waals surface area contributed by atoms with Crippen molar-refractivity contribution >= 4 is 5.91 Å². The first-order valence-corrected chi connectivity index (χ1v) is 8.49. The summed E-state index contributed by atoms with van der Waals surface area (Å²) < 4.78 is 20.5. The van der Waals surface area contributed by atoms with Crippen molar-refractivity contribution in [3.05, 3.63) is 65.2 Å². The fourth-order valence-corrected chi connectivity index (χ4v) is 2.78. The van der Waals surface area contributed by atoms with E-state index in [0.29, 0.717) is 34.9 Å². The number of ether oxygens (including phenoxy) is 1. The average molecular weight is 369 g/mol. The van der Waals surface area contributed by atoms with Gasteiger partial charge in [0.05, 0.1) is 24.6 Å². The standard InChI is InChI=1S/C19H20FN5O2/c1-4-16-14(11-21-25(16)17-9-10-18(27-3)23-22-17)19(26)24(2)12-13-7-5-6-8-15(13)20/h5-11H,4,12H2,1-3H3. The second kappa shape index (κ2) is 7.94. The molecule has 1 aromatic carbocycles. The lowest BCUT2D eigenvalue weighted by atomic mass is 10.1. The molecule has 0 aliphatic carbocycles. The van der Waals surface area contributed by atoms with Gasteiger partial charge in [0.2, 0.25) is 5.88 Å². The molecular weight excluding hydrogens is 349 g/mol. The van der Waals surface area contributed by atoms with Gasteiger partial charge in [-0.2, -0.15) is 5.10 Å². The van der Waals surface area contributed by atoms with Crippen molar-refractivity contribution in [1.29, 1.82) is 0 Å². The molecule has 140 valence electrons. The molecule has 0 aliphatic rings. The number of methoxy groups -OCH3 is 1. The molecule has 0 saturated carbocycles. The largest absolute Gasteiger partial charge is 0.480 e. The van der Waals surface area contributed by atoms with Crippen LogP contribution in [0.4, 0.5) is 4.39 Å². The van der Waals surface area contributed by atoms with Crippen LogP contribution in [0.25, 0.3) is 5.82 Å². The van der Waals surface area contributed by atoms with Gasteiger partial charge in [0.25, 0.3) is 5.91 Å². The van der Waals surface area contributed by atoms with Gasteiger partial charge in [0.15, 0.2) is 5.82 Å². The van der Waals surface area contributed by atoms with E-state index in [1.165, 1.54) is 24.3 Å². The molecule has 0 radical (unpaired) electrons. The predicted molar refractivity (Wildman–Crippen MR) is 97.3 cm³/mol. The molecule has 1 amide bonds. The van der Waals surface area contributed by atoms with Crippen molar-refractivity contribution in [3.8, 4) is 11.7 Å². The maximum absolute atomic E-state index is 13.9. The van der Waals surface area contributed by atoms with Gasteiger partial charge in [-0.05, 0) is 18.6 Å². The third-order valence-electron chi connectivity index (χ3n) is 4.20. The number of carbonyl (C=O) groups is 1. The van der Waals surface area contributed by atoms with Gasteiger partial charge >= 0.3 is 0 Å². The Kier molecular flexibility index (Phi) is 5.44. The summed E-state index contributed by atoms with van der Waals surface area (Å²) in [5.74, 6) is 0.313. The zero-order valence-corrected chi connectivity index (χ0v) is 15.4. The van der Waals surface area contributed by atoms with Gasteiger partial charge in [0, 0.05) is 25.2 Å². The Labute approximate surface area is 156 Å². The molecule has 0 saturated heterocycles. The number of amides is 1. The molecule has 2 aromatic heterocycles. The highest BCUT2D eigenvalue weighted by Gasteiger charge is 2.21. The van der Waals surface area contributed by atoms with E-state index in [9.17, 15) is 9.18 Å². The van der Waals surface area contributed by atoms with E-state index in [1.54, 1.807) is 42.1 Å². The van der Waals surface area contributed by atoms with E-state index in [0.717, 1.165) is 0 Å². The lowest BCUT2D eigenvalue weighted by Crippen LogP contribution is -2.27. The Morgan fingerprint density at radius 2 is 2.00 bits per heavy atom. The van der Waals surface area contributed by atoms with Crippen LogP contribution in [0.1, 0.15) is 28.5 Å². The highest BCUT2D eigenvalue weighted by molar-refractivity contribution is 5.95. The predicted octanol–water partition coefficient (Wildman–Crippen LogP) is 2.64. The van der Waals surface area contributed by atoms with Crippen LogP contribution in [-0.2, 0) is 13.0 Å². The smallest absolute Gasteiger partial charge is 0.257 e. The number of hydrogen-bond donors (Lipinski definition) is 0. The summed E-state index contributed by atoms with van der Waals surface area (Å²) in [6.45, 7) is 2.10. The van der Waals surface area contributed by atoms with Gasteiger partial charge in [-0.1, -0.05) is 25.1 Å². The maximum atomic E-state index is 13.9. The van der Waals surface area contributed by atoms with Crippen molar-refractivity contribution in [2.24, 2.45) is 0 Å². The summed E-state index contributed by atoms with van der Waals surface area (Å²) in [5.41, 5.74) is 1.62. The molecule has 7 nitrogen and oxygen atoms in total. The Bertz CT molecular complexity index is 940. The molecule has 0 unspecified atom stereocenters. The first-order chi connectivity index (χ1) is 13.0. The zero-order valence-electron chi connectivity index (χ0n) is 15.4. The maximum Gasteiger partial charge on any atom is 0.257 e. The summed E-state index contributed by atoms with van der Waals surface area (Å²) >= 11 is 0. The van der Waals surface area contributed by atoms with Crippen molar-refractivity contribution in [2.75, 3.05) is 14.2 Å². The fourth-order valence-electron chi connectivity index (χ4n) is 2.78. The van der Waals surface area contributed by atoms with Crippen molar-refractivity contribution in [2.45, 2.75) is 19.9 Å². The van der Waals surface area contributed by atoms with Crippen LogP contribution >= 0.6 is 0 Å². The van der Waals surface area contributed by atoms with Crippen molar-refractivity contribution in [3.63, 3.8) is 0 Å². The van der Waals surface area contributed by atoms with E-state index in [4.69, 9.17) is 4.74 Å². The monoisotopic (exact) mass is 369 g/mol. The number of benzene rings is 1. The molecule has 0 spiro atoms. The number of halogens is 1. The van der Waals surface area contributed by atoms with E-state index in [2.05, 4.69) is 15.3 Å². The van der Waals surface area contributed by atoms with E-state index >= 15 is 0 Å². The second-order valence-electron chi connectivity index (χ2n) is 5.96. The molecular formula is C19H20FN5O2. The molecule has 8 heteroatoms. The van der Waals surface area contributed by atoms with Crippen LogP contribution in [0.15, 0.2) is 42.6 Å². The first-order valence-electron chi connectivity index (χ1n) is 8.49. The fraction of sp³-hybridized carbons (Fsp3) is 0.263. The quantitative estimate of drug-likeness (QED) is 0.668. The minimum absolute atomic E-state index is 0.169. The third-order valence-corrected chi connectivity index (χ3v) is 4.20. The van der Waals surface area contributed by atoms with Gasteiger partial charge in [0.1, 0.15) is 5.82 Å². The van der Waals surface area contributed by atoms with Crippen molar-refractivity contribution < 1.29 is 13.9 Å². The van der Waals surface area contributed by atoms with Crippen LogP contribution < -0.4 is 4.74 Å². The Hall–Kier alpha value is -3.29. The van der Waals surface area contributed by atoms with Crippen LogP contribution in [0.2, 0.25) is 0 Å². The van der Waals surface area contributed by atoms with E-state index < -0.39 is 0 Å². The third kappa shape index (κ3) is 3.79. The minimum atomic E-state index is -0.336. The second-order valence-corrected chi connectivity index (χ2v) is 5.96. The molecule has 3 rings (SSSR count). The molecule has 2 heterocycles. The van der Waals surface area contributed by atoms with Gasteiger partial charge in [-0.25, -0.2) is 9.07 Å². The number of nitrogens with zero attached hydrogens (tertiary/aromatic N) is 5. The summed E-state index contributed by atoms with van der Waals surface area (Å²) in [6, 6.07) is 9.80. The number of aromatic nitrogens is 4. The minimum Gasteiger partial charge on any atom is -0.480 e. The Morgan fingerprint density at radius 3 is 2.63 bits per heavy atom. The molecule has 0 N–H and O–H groups in total. The molecule has 3 aromatic rings. The highest BCUT2D eigenvalue weighted by atomic mass is 19.1. The number of rotatable bonds is 6.